The summed E-state index contributed by atoms with van der Waals surface area (Å²) in [6.07, 6.45) is 3.17. The minimum atomic E-state index is -0.444. The summed E-state index contributed by atoms with van der Waals surface area (Å²) in [5.41, 5.74) is 1.97. The Labute approximate surface area is 104 Å². The van der Waals surface area contributed by atoms with E-state index in [2.05, 4.69) is 15.3 Å². The van der Waals surface area contributed by atoms with E-state index in [1.54, 1.807) is 6.20 Å². The molecule has 6 nitrogen and oxygen atoms in total. The van der Waals surface area contributed by atoms with E-state index in [4.69, 9.17) is 0 Å². The average molecular weight is 244 g/mol. The van der Waals surface area contributed by atoms with E-state index < -0.39 is 4.92 Å². The molecule has 0 saturated heterocycles. The molecule has 0 atom stereocenters. The molecule has 0 bridgehead atoms. The fourth-order valence-electron chi connectivity index (χ4n) is 1.43. The van der Waals surface area contributed by atoms with Crippen molar-refractivity contribution in [2.45, 2.75) is 13.5 Å². The maximum absolute atomic E-state index is 10.6. The first-order valence-corrected chi connectivity index (χ1v) is 5.41. The van der Waals surface area contributed by atoms with Gasteiger partial charge in [-0.2, -0.15) is 0 Å². The highest BCUT2D eigenvalue weighted by Crippen LogP contribution is 2.14. The second kappa shape index (κ2) is 5.22. The van der Waals surface area contributed by atoms with Crippen molar-refractivity contribution in [1.82, 2.24) is 9.97 Å². The molecule has 0 saturated carbocycles. The van der Waals surface area contributed by atoms with Gasteiger partial charge in [0.2, 0.25) is 0 Å². The molecular formula is C12H12N4O2. The second-order valence-electron chi connectivity index (χ2n) is 3.82. The molecule has 0 aliphatic heterocycles. The van der Waals surface area contributed by atoms with Crippen molar-refractivity contribution in [1.29, 1.82) is 0 Å². The van der Waals surface area contributed by atoms with Gasteiger partial charge in [0, 0.05) is 30.7 Å². The number of rotatable bonds is 4. The Morgan fingerprint density at radius 2 is 2.17 bits per heavy atom. The first-order valence-electron chi connectivity index (χ1n) is 5.41. The van der Waals surface area contributed by atoms with E-state index in [1.807, 2.05) is 19.1 Å². The molecule has 0 aliphatic carbocycles. The highest BCUT2D eigenvalue weighted by molar-refractivity contribution is 5.44. The van der Waals surface area contributed by atoms with Crippen LogP contribution in [-0.2, 0) is 6.54 Å². The van der Waals surface area contributed by atoms with Crippen molar-refractivity contribution in [2.24, 2.45) is 0 Å². The molecule has 18 heavy (non-hydrogen) atoms. The molecule has 2 heterocycles. The molecule has 0 unspecified atom stereocenters. The fraction of sp³-hybridized carbons (Fsp3) is 0.167. The summed E-state index contributed by atoms with van der Waals surface area (Å²) in [5.74, 6) is 0.477. The van der Waals surface area contributed by atoms with Gasteiger partial charge < -0.3 is 5.32 Å². The van der Waals surface area contributed by atoms with Crippen LogP contribution in [0.15, 0.2) is 36.7 Å². The van der Waals surface area contributed by atoms with Gasteiger partial charge in [0.1, 0.15) is 5.82 Å². The quantitative estimate of drug-likeness (QED) is 0.659. The third-order valence-corrected chi connectivity index (χ3v) is 2.40. The lowest BCUT2D eigenvalue weighted by atomic mass is 10.2. The van der Waals surface area contributed by atoms with Crippen LogP contribution in [-0.4, -0.2) is 14.9 Å². The van der Waals surface area contributed by atoms with E-state index in [0.717, 1.165) is 11.3 Å². The SMILES string of the molecule is Cc1ccc(CNc2cc([N+](=O)[O-])ccn2)cn1. The largest absolute Gasteiger partial charge is 0.366 e. The molecule has 2 rings (SSSR count). The van der Waals surface area contributed by atoms with Gasteiger partial charge in [-0.25, -0.2) is 4.98 Å². The monoisotopic (exact) mass is 244 g/mol. The van der Waals surface area contributed by atoms with E-state index in [9.17, 15) is 10.1 Å². The summed E-state index contributed by atoms with van der Waals surface area (Å²) in [5, 5.41) is 13.6. The highest BCUT2D eigenvalue weighted by atomic mass is 16.6. The Morgan fingerprint density at radius 3 is 2.83 bits per heavy atom. The average Bonchev–Trinajstić information content (AvgIpc) is 2.38. The normalized spacial score (nSPS) is 10.1. The van der Waals surface area contributed by atoms with Crippen LogP contribution in [0.25, 0.3) is 0 Å². The number of aromatic nitrogens is 2. The Kier molecular flexibility index (Phi) is 3.47. The number of hydrogen-bond donors (Lipinski definition) is 1. The van der Waals surface area contributed by atoms with Gasteiger partial charge in [-0.05, 0) is 18.6 Å². The summed E-state index contributed by atoms with van der Waals surface area (Å²) < 4.78 is 0. The van der Waals surface area contributed by atoms with Crippen LogP contribution in [0, 0.1) is 17.0 Å². The summed E-state index contributed by atoms with van der Waals surface area (Å²) >= 11 is 0. The van der Waals surface area contributed by atoms with E-state index in [-0.39, 0.29) is 5.69 Å². The highest BCUT2D eigenvalue weighted by Gasteiger charge is 2.06. The van der Waals surface area contributed by atoms with Gasteiger partial charge in [-0.1, -0.05) is 6.07 Å². The zero-order valence-corrected chi connectivity index (χ0v) is 9.83. The number of aryl methyl sites for hydroxylation is 1. The molecule has 2 aromatic heterocycles. The number of hydrogen-bond acceptors (Lipinski definition) is 5. The van der Waals surface area contributed by atoms with Crippen molar-refractivity contribution >= 4 is 11.5 Å². The van der Waals surface area contributed by atoms with Crippen LogP contribution in [0.1, 0.15) is 11.3 Å². The first kappa shape index (κ1) is 12.0. The molecular weight excluding hydrogens is 232 g/mol. The zero-order chi connectivity index (χ0) is 13.0. The maximum Gasteiger partial charge on any atom is 0.274 e. The number of nitro groups is 1. The van der Waals surface area contributed by atoms with Crippen molar-refractivity contribution < 1.29 is 4.92 Å². The fourth-order valence-corrected chi connectivity index (χ4v) is 1.43. The Bertz CT molecular complexity index is 554. The van der Waals surface area contributed by atoms with Crippen LogP contribution in [0.5, 0.6) is 0 Å². The molecule has 0 amide bonds. The lowest BCUT2D eigenvalue weighted by molar-refractivity contribution is -0.384. The van der Waals surface area contributed by atoms with Gasteiger partial charge in [0.25, 0.3) is 5.69 Å². The van der Waals surface area contributed by atoms with Crippen LogP contribution in [0.2, 0.25) is 0 Å². The van der Waals surface area contributed by atoms with Crippen molar-refractivity contribution in [2.75, 3.05) is 5.32 Å². The van der Waals surface area contributed by atoms with Gasteiger partial charge >= 0.3 is 0 Å². The molecule has 6 heteroatoms. The molecule has 0 spiro atoms. The van der Waals surface area contributed by atoms with Crippen molar-refractivity contribution in [3.8, 4) is 0 Å². The van der Waals surface area contributed by atoms with Gasteiger partial charge in [-0.15, -0.1) is 0 Å². The lowest BCUT2D eigenvalue weighted by Crippen LogP contribution is -2.02. The summed E-state index contributed by atoms with van der Waals surface area (Å²) in [7, 11) is 0. The number of pyridine rings is 2. The van der Waals surface area contributed by atoms with Crippen LogP contribution >= 0.6 is 0 Å². The third kappa shape index (κ3) is 3.00. The summed E-state index contributed by atoms with van der Waals surface area (Å²) in [6.45, 7) is 2.45. The molecule has 2 aromatic rings. The van der Waals surface area contributed by atoms with Crippen molar-refractivity contribution in [3.05, 3.63) is 58.0 Å². The molecule has 0 aliphatic rings. The maximum atomic E-state index is 10.6. The Morgan fingerprint density at radius 1 is 1.33 bits per heavy atom. The van der Waals surface area contributed by atoms with Crippen LogP contribution < -0.4 is 5.32 Å². The second-order valence-corrected chi connectivity index (χ2v) is 3.82. The Balaban J connectivity index is 2.04. The molecule has 0 radical (unpaired) electrons. The lowest BCUT2D eigenvalue weighted by Gasteiger charge is -2.05. The molecule has 0 aromatic carbocycles. The minimum Gasteiger partial charge on any atom is -0.366 e. The topological polar surface area (TPSA) is 81.0 Å². The zero-order valence-electron chi connectivity index (χ0n) is 9.83. The predicted molar refractivity (Wildman–Crippen MR) is 67.2 cm³/mol. The predicted octanol–water partition coefficient (Wildman–Crippen LogP) is 2.31. The molecule has 1 N–H and O–H groups in total. The minimum absolute atomic E-state index is 0.0227. The van der Waals surface area contributed by atoms with E-state index >= 15 is 0 Å². The summed E-state index contributed by atoms with van der Waals surface area (Å²) in [4.78, 5) is 18.3. The van der Waals surface area contributed by atoms with E-state index in [1.165, 1.54) is 18.3 Å². The smallest absolute Gasteiger partial charge is 0.274 e. The van der Waals surface area contributed by atoms with Gasteiger partial charge in [0.05, 0.1) is 11.0 Å². The van der Waals surface area contributed by atoms with Gasteiger partial charge in [0.15, 0.2) is 0 Å². The van der Waals surface area contributed by atoms with E-state index in [0.29, 0.717) is 12.4 Å². The molecule has 92 valence electrons. The first-order chi connectivity index (χ1) is 8.65. The van der Waals surface area contributed by atoms with Crippen LogP contribution in [0.4, 0.5) is 11.5 Å². The number of anilines is 1. The standard InChI is InChI=1S/C12H12N4O2/c1-9-2-3-10(7-14-9)8-15-12-6-11(16(17)18)4-5-13-12/h2-7H,8H2,1H3,(H,13,15). The van der Waals surface area contributed by atoms with Gasteiger partial charge in [-0.3, -0.25) is 15.1 Å². The number of nitrogens with one attached hydrogen (secondary N) is 1. The third-order valence-electron chi connectivity index (χ3n) is 2.40. The molecule has 0 fully saturated rings. The van der Waals surface area contributed by atoms with Crippen molar-refractivity contribution in [3.63, 3.8) is 0 Å². The van der Waals surface area contributed by atoms with Crippen LogP contribution in [0.3, 0.4) is 0 Å². The Hall–Kier alpha value is -2.50. The summed E-state index contributed by atoms with van der Waals surface area (Å²) in [6, 6.07) is 6.63. The number of nitrogens with zero attached hydrogens (tertiary/aromatic N) is 3.